The number of rotatable bonds is 4. The number of aromatic amines is 1. The molecular weight excluding hydrogens is 312 g/mol. The fraction of sp³-hybridized carbons (Fsp3) is 0.500. The molecule has 0 radical (unpaired) electrons. The number of hydrogen-bond acceptors (Lipinski definition) is 4. The largest absolute Gasteiger partial charge is 0.370 e. The molecule has 5 heteroatoms. The molecule has 0 unspecified atom stereocenters. The van der Waals surface area contributed by atoms with Crippen molar-refractivity contribution in [2.75, 3.05) is 31.1 Å². The van der Waals surface area contributed by atoms with Gasteiger partial charge in [-0.2, -0.15) is 5.10 Å². The Morgan fingerprint density at radius 1 is 1.08 bits per heavy atom. The second-order valence-electron chi connectivity index (χ2n) is 7.20. The lowest BCUT2D eigenvalue weighted by molar-refractivity contribution is 0.263. The van der Waals surface area contributed by atoms with E-state index in [9.17, 15) is 4.79 Å². The quantitative estimate of drug-likeness (QED) is 0.930. The van der Waals surface area contributed by atoms with Crippen molar-refractivity contribution in [3.63, 3.8) is 0 Å². The van der Waals surface area contributed by atoms with Gasteiger partial charge in [0.25, 0.3) is 5.56 Å². The lowest BCUT2D eigenvalue weighted by Crippen LogP contribution is -2.24. The minimum Gasteiger partial charge on any atom is -0.370 e. The maximum Gasteiger partial charge on any atom is 0.274 e. The van der Waals surface area contributed by atoms with Crippen LogP contribution in [0.1, 0.15) is 44.2 Å². The van der Waals surface area contributed by atoms with Gasteiger partial charge >= 0.3 is 0 Å². The van der Waals surface area contributed by atoms with Crippen molar-refractivity contribution in [3.8, 4) is 11.1 Å². The number of benzene rings is 1. The van der Waals surface area contributed by atoms with E-state index in [1.54, 1.807) is 6.20 Å². The second-order valence-corrected chi connectivity index (χ2v) is 7.20. The minimum atomic E-state index is -0.102. The zero-order valence-corrected chi connectivity index (χ0v) is 14.9. The Hall–Kier alpha value is -2.14. The van der Waals surface area contributed by atoms with Crippen molar-refractivity contribution in [2.24, 2.45) is 0 Å². The van der Waals surface area contributed by atoms with Crippen molar-refractivity contribution in [3.05, 3.63) is 46.4 Å². The van der Waals surface area contributed by atoms with Gasteiger partial charge in [-0.3, -0.25) is 9.69 Å². The molecule has 5 nitrogen and oxygen atoms in total. The van der Waals surface area contributed by atoms with E-state index in [0.29, 0.717) is 6.04 Å². The van der Waals surface area contributed by atoms with E-state index in [-0.39, 0.29) is 5.56 Å². The third-order valence-corrected chi connectivity index (χ3v) is 5.63. The molecule has 0 bridgehead atoms. The topological polar surface area (TPSA) is 52.2 Å². The fourth-order valence-electron chi connectivity index (χ4n) is 4.16. The van der Waals surface area contributed by atoms with Gasteiger partial charge in [0.15, 0.2) is 0 Å². The minimum absolute atomic E-state index is 0.102. The number of H-pyrrole nitrogens is 1. The Kier molecular flexibility index (Phi) is 4.57. The monoisotopic (exact) mass is 338 g/mol. The smallest absolute Gasteiger partial charge is 0.274 e. The summed E-state index contributed by atoms with van der Waals surface area (Å²) >= 11 is 0. The molecule has 2 aromatic rings. The molecule has 132 valence electrons. The lowest BCUT2D eigenvalue weighted by atomic mass is 9.99. The molecule has 25 heavy (non-hydrogen) atoms. The van der Waals surface area contributed by atoms with E-state index in [1.807, 2.05) is 6.07 Å². The Bertz CT molecular complexity index is 788. The van der Waals surface area contributed by atoms with Crippen LogP contribution in [0.4, 0.5) is 5.69 Å². The summed E-state index contributed by atoms with van der Waals surface area (Å²) in [4.78, 5) is 17.4. The van der Waals surface area contributed by atoms with Gasteiger partial charge in [-0.05, 0) is 62.9 Å². The molecule has 1 aromatic heterocycles. The molecule has 3 heterocycles. The molecule has 2 saturated heterocycles. The zero-order valence-electron chi connectivity index (χ0n) is 14.9. The second kappa shape index (κ2) is 7.00. The molecule has 0 spiro atoms. The SMILES string of the molecule is C[C@H](c1cccc(-c2c(N3CCCC3)cn[nH]c2=O)c1)N1CCCC1. The summed E-state index contributed by atoms with van der Waals surface area (Å²) < 4.78 is 0. The first-order valence-corrected chi connectivity index (χ1v) is 9.41. The molecule has 2 aliphatic heterocycles. The van der Waals surface area contributed by atoms with Crippen LogP contribution in [-0.4, -0.2) is 41.3 Å². The Morgan fingerprint density at radius 2 is 1.80 bits per heavy atom. The van der Waals surface area contributed by atoms with Gasteiger partial charge in [0.1, 0.15) is 0 Å². The molecular formula is C20H26N4O. The van der Waals surface area contributed by atoms with Crippen LogP contribution in [-0.2, 0) is 0 Å². The molecule has 0 saturated carbocycles. The summed E-state index contributed by atoms with van der Waals surface area (Å²) in [5.41, 5.74) is 3.90. The molecule has 0 aliphatic carbocycles. The van der Waals surface area contributed by atoms with Crippen LogP contribution in [0.2, 0.25) is 0 Å². The predicted molar refractivity (Wildman–Crippen MR) is 101 cm³/mol. The number of nitrogens with one attached hydrogen (secondary N) is 1. The molecule has 0 amide bonds. The van der Waals surface area contributed by atoms with Crippen LogP contribution in [0, 0.1) is 0 Å². The van der Waals surface area contributed by atoms with Crippen LogP contribution in [0.3, 0.4) is 0 Å². The maximum absolute atomic E-state index is 12.6. The summed E-state index contributed by atoms with van der Waals surface area (Å²) in [5.74, 6) is 0. The van der Waals surface area contributed by atoms with E-state index < -0.39 is 0 Å². The average molecular weight is 338 g/mol. The first-order valence-electron chi connectivity index (χ1n) is 9.41. The number of anilines is 1. The van der Waals surface area contributed by atoms with Crippen LogP contribution < -0.4 is 10.5 Å². The van der Waals surface area contributed by atoms with Crippen LogP contribution >= 0.6 is 0 Å². The highest BCUT2D eigenvalue weighted by Gasteiger charge is 2.22. The maximum atomic E-state index is 12.6. The third-order valence-electron chi connectivity index (χ3n) is 5.63. The number of aromatic nitrogens is 2. The van der Waals surface area contributed by atoms with Crippen molar-refractivity contribution in [1.82, 2.24) is 15.1 Å². The van der Waals surface area contributed by atoms with Gasteiger partial charge in [0, 0.05) is 19.1 Å². The number of likely N-dealkylation sites (tertiary alicyclic amines) is 1. The summed E-state index contributed by atoms with van der Waals surface area (Å²) in [6, 6.07) is 8.87. The van der Waals surface area contributed by atoms with E-state index in [0.717, 1.165) is 29.9 Å². The van der Waals surface area contributed by atoms with Gasteiger partial charge in [-0.25, -0.2) is 5.10 Å². The van der Waals surface area contributed by atoms with Gasteiger partial charge in [-0.15, -0.1) is 0 Å². The van der Waals surface area contributed by atoms with Crippen molar-refractivity contribution in [2.45, 2.75) is 38.6 Å². The van der Waals surface area contributed by atoms with E-state index in [2.05, 4.69) is 45.1 Å². The molecule has 2 aliphatic rings. The Morgan fingerprint density at radius 3 is 2.56 bits per heavy atom. The van der Waals surface area contributed by atoms with Crippen molar-refractivity contribution >= 4 is 5.69 Å². The van der Waals surface area contributed by atoms with Gasteiger partial charge in [0.05, 0.1) is 17.4 Å². The summed E-state index contributed by atoms with van der Waals surface area (Å²) in [7, 11) is 0. The highest BCUT2D eigenvalue weighted by molar-refractivity contribution is 5.77. The first-order chi connectivity index (χ1) is 12.2. The summed E-state index contributed by atoms with van der Waals surface area (Å²) in [6.07, 6.45) is 6.73. The standard InChI is InChI=1S/C20H26N4O/c1-15(23-9-2-3-10-23)16-7-6-8-17(13-16)19-18(14-21-22-20(19)25)24-11-4-5-12-24/h6-8,13-15H,2-5,9-12H2,1H3,(H,22,25)/t15-/m1/s1. The van der Waals surface area contributed by atoms with Crippen molar-refractivity contribution in [1.29, 1.82) is 0 Å². The van der Waals surface area contributed by atoms with Gasteiger partial charge in [0.2, 0.25) is 0 Å². The molecule has 2 fully saturated rings. The zero-order chi connectivity index (χ0) is 17.2. The van der Waals surface area contributed by atoms with E-state index in [4.69, 9.17) is 0 Å². The van der Waals surface area contributed by atoms with Crippen LogP contribution in [0.25, 0.3) is 11.1 Å². The molecule has 1 N–H and O–H groups in total. The lowest BCUT2D eigenvalue weighted by Gasteiger charge is -2.25. The number of nitrogens with zero attached hydrogens (tertiary/aromatic N) is 3. The summed E-state index contributed by atoms with van der Waals surface area (Å²) in [5, 5.41) is 6.67. The first kappa shape index (κ1) is 16.3. The van der Waals surface area contributed by atoms with Crippen LogP contribution in [0.15, 0.2) is 35.3 Å². The van der Waals surface area contributed by atoms with Crippen LogP contribution in [0.5, 0.6) is 0 Å². The fourth-order valence-corrected chi connectivity index (χ4v) is 4.16. The van der Waals surface area contributed by atoms with Crippen molar-refractivity contribution < 1.29 is 0 Å². The number of hydrogen-bond donors (Lipinski definition) is 1. The predicted octanol–water partition coefficient (Wildman–Crippen LogP) is 3.19. The normalized spacial score (nSPS) is 19.5. The third kappa shape index (κ3) is 3.21. The Balaban J connectivity index is 1.72. The molecule has 1 atom stereocenters. The van der Waals surface area contributed by atoms with E-state index >= 15 is 0 Å². The average Bonchev–Trinajstić information content (AvgIpc) is 3.34. The molecule has 4 rings (SSSR count). The highest BCUT2D eigenvalue weighted by Crippen LogP contribution is 2.32. The molecule has 1 aromatic carbocycles. The highest BCUT2D eigenvalue weighted by atomic mass is 16.1. The van der Waals surface area contributed by atoms with E-state index in [1.165, 1.54) is 44.3 Å². The van der Waals surface area contributed by atoms with Gasteiger partial charge < -0.3 is 4.90 Å². The van der Waals surface area contributed by atoms with Gasteiger partial charge in [-0.1, -0.05) is 18.2 Å². The Labute approximate surface area is 148 Å². The summed E-state index contributed by atoms with van der Waals surface area (Å²) in [6.45, 7) is 6.60.